The third-order valence-corrected chi connectivity index (χ3v) is 14.9. The van der Waals surface area contributed by atoms with Gasteiger partial charge in [-0.25, -0.2) is 0 Å². The van der Waals surface area contributed by atoms with Gasteiger partial charge in [0, 0.05) is 64.5 Å². The molecule has 11 aromatic carbocycles. The van der Waals surface area contributed by atoms with Gasteiger partial charge in [-0.2, -0.15) is 0 Å². The maximum absolute atomic E-state index is 6.15. The van der Waals surface area contributed by atoms with Gasteiger partial charge in [0.05, 0.1) is 11.0 Å². The van der Waals surface area contributed by atoms with E-state index in [2.05, 4.69) is 240 Å². The second-order valence-electron chi connectivity index (χ2n) is 17.7. The van der Waals surface area contributed by atoms with E-state index in [0.29, 0.717) is 0 Å². The summed E-state index contributed by atoms with van der Waals surface area (Å²) in [6.45, 7) is 0. The highest BCUT2D eigenvalue weighted by atomic mass is 32.1. The van der Waals surface area contributed by atoms with Gasteiger partial charge in [0.25, 0.3) is 0 Å². The molecule has 0 bridgehead atoms. The molecular formula is C64H40N2OS. The van der Waals surface area contributed by atoms with Crippen LogP contribution in [0.25, 0.3) is 114 Å². The fraction of sp³-hybridized carbons (Fsp3) is 0. The maximum Gasteiger partial charge on any atom is 0.135 e. The number of fused-ring (bicyclic) bond motifs is 10. The Morgan fingerprint density at radius 2 is 0.794 bits per heavy atom. The number of aromatic nitrogens is 1. The molecule has 0 saturated carbocycles. The summed E-state index contributed by atoms with van der Waals surface area (Å²) in [5.41, 5.74) is 15.7. The van der Waals surface area contributed by atoms with Crippen molar-refractivity contribution >= 4 is 103 Å². The molecule has 0 spiro atoms. The van der Waals surface area contributed by atoms with E-state index in [1.165, 1.54) is 69.4 Å². The summed E-state index contributed by atoms with van der Waals surface area (Å²) in [5.74, 6) is 0. The van der Waals surface area contributed by atoms with Crippen LogP contribution in [0.2, 0.25) is 0 Å². The van der Waals surface area contributed by atoms with Crippen molar-refractivity contribution in [2.45, 2.75) is 0 Å². The predicted octanol–water partition coefficient (Wildman–Crippen LogP) is 18.7. The van der Waals surface area contributed by atoms with Crippen LogP contribution in [-0.2, 0) is 0 Å². The van der Waals surface area contributed by atoms with Crippen molar-refractivity contribution in [3.8, 4) is 39.1 Å². The SMILES string of the molecule is c1ccc2cc3c(cc2c1)c1ccccc1n3-c1ccc(-c2ccc(N(c3ccc(-c4ccc5oc6ccccc6c5c4)cc3)c3ccc(-c4ccc5sc6ccccc6c5c4)cc3)cc2)cc1. The van der Waals surface area contributed by atoms with Gasteiger partial charge in [0.2, 0.25) is 0 Å². The van der Waals surface area contributed by atoms with Crippen molar-refractivity contribution in [1.29, 1.82) is 0 Å². The minimum atomic E-state index is 0.904. The van der Waals surface area contributed by atoms with E-state index >= 15 is 0 Å². The van der Waals surface area contributed by atoms with E-state index in [1.807, 2.05) is 23.5 Å². The zero-order valence-corrected chi connectivity index (χ0v) is 37.6. The van der Waals surface area contributed by atoms with Crippen molar-refractivity contribution < 1.29 is 4.42 Å². The summed E-state index contributed by atoms with van der Waals surface area (Å²) < 4.78 is 11.2. The Labute approximate surface area is 396 Å². The maximum atomic E-state index is 6.15. The molecule has 4 heteroatoms. The molecule has 3 heterocycles. The lowest BCUT2D eigenvalue weighted by Crippen LogP contribution is -2.09. The molecule has 0 atom stereocenters. The van der Waals surface area contributed by atoms with Gasteiger partial charge in [-0.3, -0.25) is 0 Å². The molecule has 318 valence electrons. The molecular weight excluding hydrogens is 845 g/mol. The molecule has 0 aliphatic carbocycles. The zero-order chi connectivity index (χ0) is 44.7. The molecule has 0 unspecified atom stereocenters. The lowest BCUT2D eigenvalue weighted by atomic mass is 10.0. The summed E-state index contributed by atoms with van der Waals surface area (Å²) in [6, 6.07) is 88.3. The quantitative estimate of drug-likeness (QED) is 0.159. The molecule has 0 aliphatic rings. The van der Waals surface area contributed by atoms with Gasteiger partial charge < -0.3 is 13.9 Å². The van der Waals surface area contributed by atoms with E-state index in [0.717, 1.165) is 61.4 Å². The number of hydrogen-bond donors (Lipinski definition) is 0. The first kappa shape index (κ1) is 38.6. The summed E-state index contributed by atoms with van der Waals surface area (Å²) in [5, 5.41) is 9.92. The Balaban J connectivity index is 0.817. The van der Waals surface area contributed by atoms with E-state index in [1.54, 1.807) is 0 Å². The lowest BCUT2D eigenvalue weighted by molar-refractivity contribution is 0.669. The van der Waals surface area contributed by atoms with E-state index in [9.17, 15) is 0 Å². The fourth-order valence-corrected chi connectivity index (χ4v) is 11.5. The molecule has 3 nitrogen and oxygen atoms in total. The van der Waals surface area contributed by atoms with Crippen LogP contribution in [0.5, 0.6) is 0 Å². The highest BCUT2D eigenvalue weighted by Crippen LogP contribution is 2.41. The van der Waals surface area contributed by atoms with Gasteiger partial charge in [0.1, 0.15) is 11.2 Å². The number of hydrogen-bond acceptors (Lipinski definition) is 3. The standard InChI is InChI=1S/C64H40N2OS/c1-2-10-46-40-60-56(37-45(46)9-1)53-11-3-6-14-59(53)66(60)52-33-19-42(20-34-52)41-17-27-49(28-18-41)65(50-29-21-43(22-30-50)47-25-35-62-57(38-47)54-12-4-7-15-61(54)67-62)51-31-23-44(24-32-51)48-26-36-64-58(39-48)55-13-5-8-16-63(55)68-64/h1-40H. The summed E-state index contributed by atoms with van der Waals surface area (Å²) in [7, 11) is 0. The van der Waals surface area contributed by atoms with Crippen LogP contribution >= 0.6 is 11.3 Å². The van der Waals surface area contributed by atoms with Gasteiger partial charge in [-0.15, -0.1) is 11.3 Å². The molecule has 0 saturated heterocycles. The number of thiophene rings is 1. The molecule has 3 aromatic heterocycles. The smallest absolute Gasteiger partial charge is 0.135 e. The highest BCUT2D eigenvalue weighted by molar-refractivity contribution is 7.25. The third kappa shape index (κ3) is 6.34. The Hall–Kier alpha value is -8.70. The average molecular weight is 885 g/mol. The van der Waals surface area contributed by atoms with Crippen LogP contribution in [0.3, 0.4) is 0 Å². The second kappa shape index (κ2) is 15.5. The van der Waals surface area contributed by atoms with Crippen LogP contribution in [-0.4, -0.2) is 4.57 Å². The van der Waals surface area contributed by atoms with Crippen LogP contribution in [0, 0.1) is 0 Å². The minimum absolute atomic E-state index is 0.904. The Kier molecular flexibility index (Phi) is 8.76. The van der Waals surface area contributed by atoms with Gasteiger partial charge in [-0.05, 0) is 147 Å². The van der Waals surface area contributed by atoms with Crippen molar-refractivity contribution in [2.75, 3.05) is 4.90 Å². The van der Waals surface area contributed by atoms with Crippen LogP contribution in [0.15, 0.2) is 247 Å². The largest absolute Gasteiger partial charge is 0.456 e. The molecule has 0 amide bonds. The molecule has 0 fully saturated rings. The van der Waals surface area contributed by atoms with Gasteiger partial charge in [-0.1, -0.05) is 140 Å². The number of nitrogens with zero attached hydrogens (tertiary/aromatic N) is 2. The molecule has 0 radical (unpaired) electrons. The molecule has 68 heavy (non-hydrogen) atoms. The average Bonchev–Trinajstić information content (AvgIpc) is 4.07. The number of rotatable bonds is 7. The lowest BCUT2D eigenvalue weighted by Gasteiger charge is -2.26. The van der Waals surface area contributed by atoms with E-state index in [-0.39, 0.29) is 0 Å². The summed E-state index contributed by atoms with van der Waals surface area (Å²) in [4.78, 5) is 2.36. The normalized spacial score (nSPS) is 11.8. The predicted molar refractivity (Wildman–Crippen MR) is 289 cm³/mol. The van der Waals surface area contributed by atoms with Crippen LogP contribution < -0.4 is 4.90 Å². The Morgan fingerprint density at radius 3 is 1.49 bits per heavy atom. The first-order chi connectivity index (χ1) is 33.7. The number of furan rings is 1. The second-order valence-corrected chi connectivity index (χ2v) is 18.8. The third-order valence-electron chi connectivity index (χ3n) is 13.8. The monoisotopic (exact) mass is 884 g/mol. The minimum Gasteiger partial charge on any atom is -0.456 e. The van der Waals surface area contributed by atoms with Crippen LogP contribution in [0.1, 0.15) is 0 Å². The number of anilines is 3. The Bertz CT molecular complexity index is 4080. The van der Waals surface area contributed by atoms with Gasteiger partial charge >= 0.3 is 0 Å². The van der Waals surface area contributed by atoms with Crippen LogP contribution in [0.4, 0.5) is 17.1 Å². The Morgan fingerprint density at radius 1 is 0.309 bits per heavy atom. The van der Waals surface area contributed by atoms with E-state index in [4.69, 9.17) is 4.42 Å². The number of para-hydroxylation sites is 2. The van der Waals surface area contributed by atoms with Crippen molar-refractivity contribution in [3.05, 3.63) is 243 Å². The fourth-order valence-electron chi connectivity index (χ4n) is 10.4. The number of benzene rings is 11. The van der Waals surface area contributed by atoms with Gasteiger partial charge in [0.15, 0.2) is 0 Å². The van der Waals surface area contributed by atoms with Crippen molar-refractivity contribution in [3.63, 3.8) is 0 Å². The molecule has 0 aliphatic heterocycles. The molecule has 14 aromatic rings. The zero-order valence-electron chi connectivity index (χ0n) is 36.8. The van der Waals surface area contributed by atoms with E-state index < -0.39 is 0 Å². The summed E-state index contributed by atoms with van der Waals surface area (Å²) >= 11 is 1.86. The highest BCUT2D eigenvalue weighted by Gasteiger charge is 2.17. The topological polar surface area (TPSA) is 21.3 Å². The van der Waals surface area contributed by atoms with Crippen molar-refractivity contribution in [1.82, 2.24) is 4.57 Å². The molecule has 0 N–H and O–H groups in total. The van der Waals surface area contributed by atoms with Crippen molar-refractivity contribution in [2.24, 2.45) is 0 Å². The molecule has 14 rings (SSSR count). The first-order valence-electron chi connectivity index (χ1n) is 23.1. The summed E-state index contributed by atoms with van der Waals surface area (Å²) in [6.07, 6.45) is 0. The first-order valence-corrected chi connectivity index (χ1v) is 24.0.